The molecule has 1 amide bonds. The van der Waals surface area contributed by atoms with Crippen LogP contribution in [-0.4, -0.2) is 22.2 Å². The van der Waals surface area contributed by atoms with Gasteiger partial charge in [0.1, 0.15) is 0 Å². The van der Waals surface area contributed by atoms with Crippen LogP contribution in [0.25, 0.3) is 0 Å². The molecule has 120 valence electrons. The normalized spacial score (nSPS) is 24.7. The van der Waals surface area contributed by atoms with Gasteiger partial charge >= 0.3 is 0 Å². The maximum absolute atomic E-state index is 12.1. The van der Waals surface area contributed by atoms with Crippen molar-refractivity contribution in [2.75, 3.05) is 6.54 Å². The van der Waals surface area contributed by atoms with Crippen LogP contribution in [0.4, 0.5) is 0 Å². The van der Waals surface area contributed by atoms with Gasteiger partial charge in [0.15, 0.2) is 0 Å². The van der Waals surface area contributed by atoms with Crippen LogP contribution in [0.1, 0.15) is 36.0 Å². The van der Waals surface area contributed by atoms with E-state index in [1.165, 1.54) is 30.4 Å². The molecular weight excluding hydrogens is 286 g/mol. The first-order chi connectivity index (χ1) is 11.2. The molecule has 23 heavy (non-hydrogen) atoms. The van der Waals surface area contributed by atoms with Crippen molar-refractivity contribution in [3.05, 3.63) is 53.3 Å². The number of nitrogens with one attached hydrogen (secondary N) is 1. The van der Waals surface area contributed by atoms with Gasteiger partial charge in [-0.05, 0) is 48.3 Å². The zero-order chi connectivity index (χ0) is 15.9. The van der Waals surface area contributed by atoms with Crippen molar-refractivity contribution in [2.45, 2.75) is 37.5 Å². The highest BCUT2D eigenvalue weighted by molar-refractivity contribution is 5.76. The zero-order valence-electron chi connectivity index (χ0n) is 13.6. The number of aryl methyl sites for hydroxylation is 3. The van der Waals surface area contributed by atoms with Crippen molar-refractivity contribution >= 4 is 5.91 Å². The van der Waals surface area contributed by atoms with Crippen molar-refractivity contribution in [3.63, 3.8) is 0 Å². The molecule has 2 aromatic rings. The molecule has 4 heteroatoms. The van der Waals surface area contributed by atoms with Crippen LogP contribution in [0.5, 0.6) is 0 Å². The second-order valence-electron chi connectivity index (χ2n) is 7.04. The highest BCUT2D eigenvalue weighted by atomic mass is 16.1. The minimum atomic E-state index is 0.155. The zero-order valence-corrected chi connectivity index (χ0v) is 13.6. The molecule has 2 aliphatic carbocycles. The van der Waals surface area contributed by atoms with Crippen LogP contribution in [0, 0.1) is 5.92 Å². The number of benzene rings is 1. The summed E-state index contributed by atoms with van der Waals surface area (Å²) in [4.78, 5) is 12.1. The maximum Gasteiger partial charge on any atom is 0.220 e. The Kier molecular flexibility index (Phi) is 3.47. The molecule has 1 saturated carbocycles. The van der Waals surface area contributed by atoms with Crippen LogP contribution in [0.3, 0.4) is 0 Å². The molecule has 0 aliphatic heterocycles. The number of amides is 1. The Labute approximate surface area is 136 Å². The van der Waals surface area contributed by atoms with Crippen molar-refractivity contribution in [2.24, 2.45) is 13.0 Å². The molecule has 1 aromatic carbocycles. The lowest BCUT2D eigenvalue weighted by atomic mass is 9.95. The first-order valence-electron chi connectivity index (χ1n) is 8.50. The third kappa shape index (κ3) is 2.67. The van der Waals surface area contributed by atoms with E-state index < -0.39 is 0 Å². The molecule has 1 aromatic heterocycles. The summed E-state index contributed by atoms with van der Waals surface area (Å²) in [5.74, 6) is 0.774. The number of rotatable bonds is 5. The lowest BCUT2D eigenvalue weighted by Crippen LogP contribution is -2.27. The second kappa shape index (κ2) is 5.52. The number of carbonyl (C=O) groups is 1. The maximum atomic E-state index is 12.1. The summed E-state index contributed by atoms with van der Waals surface area (Å²) in [7, 11) is 1.90. The molecule has 1 fully saturated rings. The Bertz CT molecular complexity index is 736. The van der Waals surface area contributed by atoms with Crippen LogP contribution in [0.15, 0.2) is 36.7 Å². The molecule has 2 atom stereocenters. The van der Waals surface area contributed by atoms with Gasteiger partial charge in [0, 0.05) is 31.6 Å². The third-order valence-corrected chi connectivity index (χ3v) is 5.57. The van der Waals surface area contributed by atoms with Crippen molar-refractivity contribution in [3.8, 4) is 0 Å². The van der Waals surface area contributed by atoms with Gasteiger partial charge in [0.25, 0.3) is 0 Å². The van der Waals surface area contributed by atoms with E-state index >= 15 is 0 Å². The molecule has 0 unspecified atom stereocenters. The number of nitrogens with zero attached hydrogens (tertiary/aromatic N) is 2. The third-order valence-electron chi connectivity index (χ3n) is 5.57. The molecular formula is C19H23N3O. The average molecular weight is 309 g/mol. The van der Waals surface area contributed by atoms with Gasteiger partial charge in [-0.15, -0.1) is 0 Å². The fourth-order valence-electron chi connectivity index (χ4n) is 4.19. The summed E-state index contributed by atoms with van der Waals surface area (Å²) in [6, 6.07) is 8.82. The quantitative estimate of drug-likeness (QED) is 0.922. The van der Waals surface area contributed by atoms with Crippen LogP contribution >= 0.6 is 0 Å². The van der Waals surface area contributed by atoms with Gasteiger partial charge < -0.3 is 5.32 Å². The lowest BCUT2D eigenvalue weighted by Gasteiger charge is -2.12. The van der Waals surface area contributed by atoms with Crippen LogP contribution in [-0.2, 0) is 30.1 Å². The van der Waals surface area contributed by atoms with E-state index in [0.29, 0.717) is 17.8 Å². The minimum Gasteiger partial charge on any atom is -0.356 e. The fraction of sp³-hybridized carbons (Fsp3) is 0.474. The SMILES string of the molecule is Cn1cc(CCC(=O)NC[C@H]2C[C@]23CCc2ccccc23)cn1. The standard InChI is InChI=1S/C19H23N3O/c1-22-13-14(11-21-22)6-7-18(23)20-12-16-10-19(16)9-8-15-4-2-3-5-17(15)19/h2-5,11,13,16H,6-10,12H2,1H3,(H,20,23)/t16-,19-/m1/s1. The van der Waals surface area contributed by atoms with Gasteiger partial charge in [-0.1, -0.05) is 24.3 Å². The number of carbonyl (C=O) groups excluding carboxylic acids is 1. The van der Waals surface area contributed by atoms with Gasteiger partial charge in [-0.3, -0.25) is 9.48 Å². The highest BCUT2D eigenvalue weighted by Gasteiger charge is 2.57. The summed E-state index contributed by atoms with van der Waals surface area (Å²) >= 11 is 0. The number of hydrogen-bond acceptors (Lipinski definition) is 2. The molecule has 4 rings (SSSR count). The molecule has 1 N–H and O–H groups in total. The summed E-state index contributed by atoms with van der Waals surface area (Å²) in [5, 5.41) is 7.27. The molecule has 2 aliphatic rings. The predicted molar refractivity (Wildman–Crippen MR) is 89.1 cm³/mol. The Morgan fingerprint density at radius 1 is 1.43 bits per heavy atom. The van der Waals surface area contributed by atoms with Crippen LogP contribution < -0.4 is 5.32 Å². The Morgan fingerprint density at radius 3 is 3.13 bits per heavy atom. The molecule has 0 radical (unpaired) electrons. The predicted octanol–water partition coefficient (Wildman–Crippen LogP) is 2.37. The number of aromatic nitrogens is 2. The van der Waals surface area contributed by atoms with E-state index in [4.69, 9.17) is 0 Å². The number of fused-ring (bicyclic) bond motifs is 2. The summed E-state index contributed by atoms with van der Waals surface area (Å²) in [6.07, 6.45) is 8.79. The van der Waals surface area contributed by atoms with Crippen molar-refractivity contribution < 1.29 is 4.79 Å². The summed E-state index contributed by atoms with van der Waals surface area (Å²) < 4.78 is 1.78. The topological polar surface area (TPSA) is 46.9 Å². The summed E-state index contributed by atoms with van der Waals surface area (Å²) in [5.41, 5.74) is 4.54. The van der Waals surface area contributed by atoms with Gasteiger partial charge in [0.05, 0.1) is 6.20 Å². The molecule has 0 saturated heterocycles. The number of hydrogen-bond donors (Lipinski definition) is 1. The first kappa shape index (κ1) is 14.5. The van der Waals surface area contributed by atoms with E-state index in [0.717, 1.165) is 18.5 Å². The van der Waals surface area contributed by atoms with E-state index in [9.17, 15) is 4.79 Å². The van der Waals surface area contributed by atoms with Crippen molar-refractivity contribution in [1.29, 1.82) is 0 Å². The Balaban J connectivity index is 1.27. The summed E-state index contributed by atoms with van der Waals surface area (Å²) in [6.45, 7) is 0.820. The fourth-order valence-corrected chi connectivity index (χ4v) is 4.19. The van der Waals surface area contributed by atoms with Gasteiger partial charge in [-0.25, -0.2) is 0 Å². The largest absolute Gasteiger partial charge is 0.356 e. The first-order valence-corrected chi connectivity index (χ1v) is 8.50. The van der Waals surface area contributed by atoms with Crippen molar-refractivity contribution in [1.82, 2.24) is 15.1 Å². The van der Waals surface area contributed by atoms with Gasteiger partial charge in [-0.2, -0.15) is 5.10 Å². The van der Waals surface area contributed by atoms with E-state index in [2.05, 4.69) is 34.7 Å². The lowest BCUT2D eigenvalue weighted by molar-refractivity contribution is -0.121. The Morgan fingerprint density at radius 2 is 2.30 bits per heavy atom. The molecule has 1 spiro atoms. The monoisotopic (exact) mass is 309 g/mol. The smallest absolute Gasteiger partial charge is 0.220 e. The molecule has 0 bridgehead atoms. The van der Waals surface area contributed by atoms with E-state index in [-0.39, 0.29) is 5.91 Å². The molecule has 1 heterocycles. The van der Waals surface area contributed by atoms with Crippen LogP contribution in [0.2, 0.25) is 0 Å². The van der Waals surface area contributed by atoms with E-state index in [1.807, 2.05) is 19.4 Å². The van der Waals surface area contributed by atoms with E-state index in [1.54, 1.807) is 4.68 Å². The Hall–Kier alpha value is -2.10. The molecule has 4 nitrogen and oxygen atoms in total. The second-order valence-corrected chi connectivity index (χ2v) is 7.04. The van der Waals surface area contributed by atoms with Gasteiger partial charge in [0.2, 0.25) is 5.91 Å². The average Bonchev–Trinajstić information content (AvgIpc) is 2.89. The minimum absolute atomic E-state index is 0.155. The highest BCUT2D eigenvalue weighted by Crippen LogP contribution is 2.61.